The van der Waals surface area contributed by atoms with Crippen LogP contribution in [-0.2, 0) is 25.5 Å². The van der Waals surface area contributed by atoms with Gasteiger partial charge in [0.25, 0.3) is 0 Å². The van der Waals surface area contributed by atoms with Crippen molar-refractivity contribution in [1.82, 2.24) is 24.0 Å². The predicted molar refractivity (Wildman–Crippen MR) is 200 cm³/mol. The van der Waals surface area contributed by atoms with Crippen LogP contribution in [0, 0.1) is 5.41 Å². The van der Waals surface area contributed by atoms with Gasteiger partial charge in [-0.2, -0.15) is 0 Å². The summed E-state index contributed by atoms with van der Waals surface area (Å²) in [6.07, 6.45) is 3.77. The van der Waals surface area contributed by atoms with Gasteiger partial charge in [0.15, 0.2) is 5.79 Å². The maximum atomic E-state index is 14.6. The first kappa shape index (κ1) is 36.2. The predicted octanol–water partition coefficient (Wildman–Crippen LogP) is 8.39. The van der Waals surface area contributed by atoms with Crippen molar-refractivity contribution >= 4 is 55.9 Å². The van der Waals surface area contributed by atoms with Crippen LogP contribution in [0.1, 0.15) is 104 Å². The summed E-state index contributed by atoms with van der Waals surface area (Å²) < 4.78 is 44.0. The highest BCUT2D eigenvalue weighted by Gasteiger charge is 2.69. The number of aromatic nitrogens is 4. The number of carbonyl (C=O) groups is 2. The normalized spacial score (nSPS) is 28.8. The Balaban J connectivity index is 1.18. The number of anilines is 1. The molecule has 1 saturated heterocycles. The number of hydrogen-bond acceptors (Lipinski definition) is 9. The summed E-state index contributed by atoms with van der Waals surface area (Å²) in [7, 11) is 0. The van der Waals surface area contributed by atoms with Gasteiger partial charge in [0.2, 0.25) is 0 Å². The second kappa shape index (κ2) is 11.9. The Labute approximate surface area is 316 Å². The standard InChI is InChI=1S/C39H48BrFN6O6/c1-35(2,3)52-33(48)45(19-38-16-39(41,17-38)18-38)14-23-11-22-10-9-21(12-26(22)47(23)34(49)53-36(4,5)6)24-13-27(30-29(24)50-37(7,8)51-30)46-15-25(40)28-31(42)43-20-44-32(28)46/h9-12,15,20,24,27,29-30H,13-14,16-19H2,1-8H3,(H2,42,43,44)/t24-,27-,29-,30+,38?,39?/m1/s1. The van der Waals surface area contributed by atoms with Crippen LogP contribution in [-0.4, -0.2) is 77.6 Å². The number of hydrogen-bond donors (Lipinski definition) is 1. The van der Waals surface area contributed by atoms with Gasteiger partial charge in [-0.25, -0.2) is 28.5 Å². The molecule has 2 bridgehead atoms. The molecule has 53 heavy (non-hydrogen) atoms. The van der Waals surface area contributed by atoms with Crippen molar-refractivity contribution in [2.75, 3.05) is 12.3 Å². The average molecular weight is 796 g/mol. The molecule has 3 aromatic heterocycles. The van der Waals surface area contributed by atoms with Crippen LogP contribution in [0.25, 0.3) is 21.9 Å². The lowest BCUT2D eigenvalue weighted by Gasteiger charge is -2.66. The number of nitrogens with two attached hydrogens (primary N) is 1. The Morgan fingerprint density at radius 1 is 1.04 bits per heavy atom. The fraction of sp³-hybridized carbons (Fsp3) is 0.590. The molecule has 4 saturated carbocycles. The maximum Gasteiger partial charge on any atom is 0.419 e. The van der Waals surface area contributed by atoms with Crippen molar-refractivity contribution in [2.24, 2.45) is 5.41 Å². The lowest BCUT2D eigenvalue weighted by molar-refractivity contribution is -0.220. The summed E-state index contributed by atoms with van der Waals surface area (Å²) in [6, 6.07) is 7.88. The van der Waals surface area contributed by atoms with Crippen molar-refractivity contribution < 1.29 is 32.9 Å². The quantitative estimate of drug-likeness (QED) is 0.204. The number of rotatable bonds is 6. The van der Waals surface area contributed by atoms with Gasteiger partial charge < -0.3 is 34.1 Å². The highest BCUT2D eigenvalue weighted by molar-refractivity contribution is 9.10. The summed E-state index contributed by atoms with van der Waals surface area (Å²) in [5.74, 6) is -0.532. The SMILES string of the molecule is CC(C)(C)OC(=O)N(Cc1cc2ccc([C@H]3C[C@@H](n4cc(Br)c5c(N)ncnc54)[C@@H]4OC(C)(C)O[C@@H]43)cc2n1C(=O)OC(C)(C)C)CC12CC(F)(C1)C2. The second-order valence-electron chi connectivity index (χ2n) is 18.1. The molecule has 4 heterocycles. The maximum absolute atomic E-state index is 14.6. The summed E-state index contributed by atoms with van der Waals surface area (Å²) in [4.78, 5) is 38.2. The van der Waals surface area contributed by atoms with Crippen molar-refractivity contribution in [3.63, 3.8) is 0 Å². The first-order chi connectivity index (χ1) is 24.6. The Hall–Kier alpha value is -3.75. The van der Waals surface area contributed by atoms with Crippen molar-refractivity contribution in [3.8, 4) is 0 Å². The summed E-state index contributed by atoms with van der Waals surface area (Å²) >= 11 is 3.66. The van der Waals surface area contributed by atoms with Crippen LogP contribution >= 0.6 is 15.9 Å². The van der Waals surface area contributed by atoms with Crippen molar-refractivity contribution in [1.29, 1.82) is 0 Å². The van der Waals surface area contributed by atoms with E-state index in [1.54, 1.807) is 9.47 Å². The van der Waals surface area contributed by atoms with E-state index < -0.39 is 34.8 Å². The van der Waals surface area contributed by atoms with Gasteiger partial charge in [-0.1, -0.05) is 12.1 Å². The monoisotopic (exact) mass is 794 g/mol. The van der Waals surface area contributed by atoms with Gasteiger partial charge in [-0.05, 0) is 120 Å². The molecule has 0 spiro atoms. The molecule has 14 heteroatoms. The largest absolute Gasteiger partial charge is 0.444 e. The molecule has 4 aliphatic carbocycles. The van der Waals surface area contributed by atoms with E-state index in [1.807, 2.05) is 79.8 Å². The highest BCUT2D eigenvalue weighted by atomic mass is 79.9. The van der Waals surface area contributed by atoms with Crippen molar-refractivity contribution in [3.05, 3.63) is 52.5 Å². The summed E-state index contributed by atoms with van der Waals surface area (Å²) in [6.45, 7) is 15.2. The zero-order valence-electron chi connectivity index (χ0n) is 31.5. The molecule has 5 fully saturated rings. The van der Waals surface area contributed by atoms with E-state index in [2.05, 4.69) is 36.5 Å². The molecule has 9 rings (SSSR count). The van der Waals surface area contributed by atoms with E-state index in [1.165, 1.54) is 6.33 Å². The minimum Gasteiger partial charge on any atom is -0.444 e. The minimum atomic E-state index is -1.12. The van der Waals surface area contributed by atoms with Gasteiger partial charge in [0.1, 0.15) is 40.8 Å². The molecule has 5 aliphatic rings. The van der Waals surface area contributed by atoms with Crippen molar-refractivity contribution in [2.45, 2.75) is 134 Å². The number of nitrogens with zero attached hydrogens (tertiary/aromatic N) is 5. The molecule has 4 aromatic rings. The Morgan fingerprint density at radius 3 is 2.38 bits per heavy atom. The average Bonchev–Trinajstić information content (AvgIpc) is 3.71. The van der Waals surface area contributed by atoms with Gasteiger partial charge in [0.05, 0.1) is 29.6 Å². The zero-order chi connectivity index (χ0) is 38.0. The topological polar surface area (TPSA) is 136 Å². The number of amides is 1. The number of carbonyl (C=O) groups excluding carboxylic acids is 2. The Bertz CT molecular complexity index is 2130. The van der Waals surface area contributed by atoms with Crippen LogP contribution in [0.4, 0.5) is 19.8 Å². The van der Waals surface area contributed by atoms with Crippen LogP contribution in [0.3, 0.4) is 0 Å². The molecular weight excluding hydrogens is 747 g/mol. The third-order valence-corrected chi connectivity index (χ3v) is 11.5. The van der Waals surface area contributed by atoms with Crippen LogP contribution in [0.5, 0.6) is 0 Å². The molecule has 4 atom stereocenters. The molecule has 12 nitrogen and oxygen atoms in total. The van der Waals surface area contributed by atoms with E-state index in [-0.39, 0.29) is 36.1 Å². The molecule has 284 valence electrons. The summed E-state index contributed by atoms with van der Waals surface area (Å²) in [5, 5.41) is 1.56. The van der Waals surface area contributed by atoms with Crippen LogP contribution in [0.2, 0.25) is 0 Å². The van der Waals surface area contributed by atoms with E-state index in [9.17, 15) is 14.0 Å². The van der Waals surface area contributed by atoms with Gasteiger partial charge in [-0.15, -0.1) is 0 Å². The number of alkyl halides is 1. The molecule has 1 aromatic carbocycles. The number of ether oxygens (including phenoxy) is 4. The summed E-state index contributed by atoms with van der Waals surface area (Å²) in [5.41, 5.74) is 6.26. The fourth-order valence-corrected chi connectivity index (χ4v) is 9.75. The van der Waals surface area contributed by atoms with Gasteiger partial charge >= 0.3 is 12.2 Å². The number of fused-ring (bicyclic) bond motifs is 3. The number of nitrogen functional groups attached to an aromatic ring is 1. The first-order valence-electron chi connectivity index (χ1n) is 18.3. The Kier molecular flexibility index (Phi) is 8.12. The highest BCUT2D eigenvalue weighted by Crippen LogP contribution is 2.69. The molecule has 1 amide bonds. The zero-order valence-corrected chi connectivity index (χ0v) is 33.1. The smallest absolute Gasteiger partial charge is 0.419 e. The Morgan fingerprint density at radius 2 is 1.72 bits per heavy atom. The third kappa shape index (κ3) is 6.48. The lowest BCUT2D eigenvalue weighted by atomic mass is 9.42. The van der Waals surface area contributed by atoms with E-state index in [0.717, 1.165) is 20.8 Å². The van der Waals surface area contributed by atoms with E-state index >= 15 is 0 Å². The van der Waals surface area contributed by atoms with Gasteiger partial charge in [-0.3, -0.25) is 0 Å². The molecule has 0 unspecified atom stereocenters. The van der Waals surface area contributed by atoms with Crippen LogP contribution < -0.4 is 5.73 Å². The molecule has 2 N–H and O–H groups in total. The third-order valence-electron chi connectivity index (χ3n) is 10.9. The second-order valence-corrected chi connectivity index (χ2v) is 19.0. The first-order valence-corrected chi connectivity index (χ1v) is 19.1. The minimum absolute atomic E-state index is 0.0844. The molecule has 1 aliphatic heterocycles. The lowest BCUT2D eigenvalue weighted by Crippen LogP contribution is -2.68. The van der Waals surface area contributed by atoms with E-state index in [0.29, 0.717) is 54.9 Å². The number of halogens is 2. The van der Waals surface area contributed by atoms with Gasteiger partial charge in [0, 0.05) is 34.2 Å². The fourth-order valence-electron chi connectivity index (χ4n) is 9.15. The van der Waals surface area contributed by atoms with Crippen LogP contribution in [0.15, 0.2) is 41.3 Å². The van der Waals surface area contributed by atoms with E-state index in [4.69, 9.17) is 24.7 Å². The molecular formula is C39H48BrFN6O6. The number of benzene rings is 1. The molecule has 0 radical (unpaired) electrons.